The van der Waals surface area contributed by atoms with Crippen molar-refractivity contribution in [3.63, 3.8) is 0 Å². The van der Waals surface area contributed by atoms with Crippen LogP contribution in [0, 0.1) is 0 Å². The molecular weight excluding hydrogens is 264 g/mol. The Morgan fingerprint density at radius 1 is 1.05 bits per heavy atom. The third kappa shape index (κ3) is 2.37. The van der Waals surface area contributed by atoms with Crippen molar-refractivity contribution in [2.24, 2.45) is 0 Å². The lowest BCUT2D eigenvalue weighted by Gasteiger charge is -2.28. The molecule has 2 aliphatic rings. The molecule has 4 rings (SSSR count). The molecule has 21 heavy (non-hydrogen) atoms. The predicted molar refractivity (Wildman–Crippen MR) is 82.5 cm³/mol. The number of anilines is 1. The molecule has 0 spiro atoms. The Hall–Kier alpha value is -1.69. The van der Waals surface area contributed by atoms with Crippen molar-refractivity contribution >= 4 is 16.9 Å². The SMILES string of the molecule is c1nc(N2CCCCC2)c2cnn(C3CCNCC3)c2n1. The molecular formula is C15H22N6. The topological polar surface area (TPSA) is 58.9 Å². The summed E-state index contributed by atoms with van der Waals surface area (Å²) < 4.78 is 2.12. The van der Waals surface area contributed by atoms with Crippen LogP contribution in [0.4, 0.5) is 5.82 Å². The molecule has 6 nitrogen and oxygen atoms in total. The van der Waals surface area contributed by atoms with E-state index in [4.69, 9.17) is 0 Å². The Kier molecular flexibility index (Phi) is 3.47. The number of hydrogen-bond acceptors (Lipinski definition) is 5. The second-order valence-corrected chi connectivity index (χ2v) is 6.05. The zero-order valence-electron chi connectivity index (χ0n) is 12.3. The van der Waals surface area contributed by atoms with E-state index in [1.807, 2.05) is 6.20 Å². The Labute approximate surface area is 124 Å². The van der Waals surface area contributed by atoms with Crippen molar-refractivity contribution in [3.05, 3.63) is 12.5 Å². The van der Waals surface area contributed by atoms with Crippen molar-refractivity contribution in [3.8, 4) is 0 Å². The molecule has 0 unspecified atom stereocenters. The Morgan fingerprint density at radius 2 is 1.86 bits per heavy atom. The first-order valence-electron chi connectivity index (χ1n) is 8.07. The average Bonchev–Trinajstić information content (AvgIpc) is 3.00. The molecule has 6 heteroatoms. The van der Waals surface area contributed by atoms with Crippen molar-refractivity contribution in [2.75, 3.05) is 31.1 Å². The van der Waals surface area contributed by atoms with Gasteiger partial charge in [-0.25, -0.2) is 14.6 Å². The lowest BCUT2D eigenvalue weighted by atomic mass is 10.1. The number of piperidine rings is 2. The zero-order valence-corrected chi connectivity index (χ0v) is 12.3. The minimum Gasteiger partial charge on any atom is -0.356 e. The molecule has 2 aromatic heterocycles. The first-order valence-corrected chi connectivity index (χ1v) is 8.07. The number of nitrogens with zero attached hydrogens (tertiary/aromatic N) is 5. The molecule has 0 radical (unpaired) electrons. The van der Waals surface area contributed by atoms with Crippen LogP contribution in [0.3, 0.4) is 0 Å². The zero-order chi connectivity index (χ0) is 14.1. The lowest BCUT2D eigenvalue weighted by molar-refractivity contribution is 0.349. The molecule has 1 N–H and O–H groups in total. The van der Waals surface area contributed by atoms with Gasteiger partial charge in [-0.05, 0) is 45.2 Å². The van der Waals surface area contributed by atoms with E-state index in [9.17, 15) is 0 Å². The Bertz CT molecular complexity index is 610. The van der Waals surface area contributed by atoms with Crippen molar-refractivity contribution in [2.45, 2.75) is 38.1 Å². The Balaban J connectivity index is 1.71. The summed E-state index contributed by atoms with van der Waals surface area (Å²) in [5.74, 6) is 1.07. The van der Waals surface area contributed by atoms with Crippen molar-refractivity contribution < 1.29 is 0 Å². The summed E-state index contributed by atoms with van der Waals surface area (Å²) in [6.07, 6.45) is 9.76. The van der Waals surface area contributed by atoms with Gasteiger partial charge >= 0.3 is 0 Å². The third-order valence-electron chi connectivity index (χ3n) is 4.68. The highest BCUT2D eigenvalue weighted by Gasteiger charge is 2.22. The molecule has 4 heterocycles. The molecule has 2 aromatic rings. The largest absolute Gasteiger partial charge is 0.356 e. The standard InChI is InChI=1S/C15H22N6/c1-2-8-20(9-3-1)14-13-10-19-21(15(13)18-11-17-14)12-4-6-16-7-5-12/h10-12,16H,1-9H2. The van der Waals surface area contributed by atoms with E-state index in [0.717, 1.165) is 55.9 Å². The maximum atomic E-state index is 4.63. The van der Waals surface area contributed by atoms with Crippen molar-refractivity contribution in [1.82, 2.24) is 25.1 Å². The van der Waals surface area contributed by atoms with Gasteiger partial charge in [-0.1, -0.05) is 0 Å². The van der Waals surface area contributed by atoms with Gasteiger partial charge < -0.3 is 10.2 Å². The molecule has 0 amide bonds. The first kappa shape index (κ1) is 13.0. The highest BCUT2D eigenvalue weighted by Crippen LogP contribution is 2.28. The van der Waals surface area contributed by atoms with Crippen LogP contribution in [-0.2, 0) is 0 Å². The van der Waals surface area contributed by atoms with Gasteiger partial charge in [0.15, 0.2) is 5.65 Å². The summed E-state index contributed by atoms with van der Waals surface area (Å²) in [4.78, 5) is 11.4. The van der Waals surface area contributed by atoms with Gasteiger partial charge in [0.2, 0.25) is 0 Å². The van der Waals surface area contributed by atoms with Gasteiger partial charge in [0, 0.05) is 13.1 Å². The molecule has 2 aliphatic heterocycles. The predicted octanol–water partition coefficient (Wildman–Crippen LogP) is 1.74. The molecule has 0 bridgehead atoms. The van der Waals surface area contributed by atoms with Gasteiger partial charge in [0.1, 0.15) is 12.1 Å². The average molecular weight is 286 g/mol. The van der Waals surface area contributed by atoms with Gasteiger partial charge in [0.25, 0.3) is 0 Å². The van der Waals surface area contributed by atoms with E-state index >= 15 is 0 Å². The quantitative estimate of drug-likeness (QED) is 0.911. The molecule has 0 saturated carbocycles. The van der Waals surface area contributed by atoms with Crippen LogP contribution >= 0.6 is 0 Å². The van der Waals surface area contributed by atoms with Gasteiger partial charge in [0.05, 0.1) is 17.6 Å². The summed E-state index contributed by atoms with van der Waals surface area (Å²) in [6, 6.07) is 0.466. The monoisotopic (exact) mass is 286 g/mol. The van der Waals surface area contributed by atoms with Crippen LogP contribution in [-0.4, -0.2) is 45.9 Å². The fourth-order valence-electron chi connectivity index (χ4n) is 3.53. The summed E-state index contributed by atoms with van der Waals surface area (Å²) in [5.41, 5.74) is 0.998. The fraction of sp³-hybridized carbons (Fsp3) is 0.667. The lowest BCUT2D eigenvalue weighted by Crippen LogP contribution is -2.31. The van der Waals surface area contributed by atoms with E-state index in [-0.39, 0.29) is 0 Å². The van der Waals surface area contributed by atoms with E-state index in [0.29, 0.717) is 6.04 Å². The molecule has 2 saturated heterocycles. The summed E-state index contributed by atoms with van der Waals surface area (Å²) >= 11 is 0. The normalized spacial score (nSPS) is 21.0. The fourth-order valence-corrected chi connectivity index (χ4v) is 3.53. The molecule has 0 aliphatic carbocycles. The maximum absolute atomic E-state index is 4.63. The minimum absolute atomic E-state index is 0.466. The van der Waals surface area contributed by atoms with Crippen LogP contribution in [0.15, 0.2) is 12.5 Å². The number of rotatable bonds is 2. The second kappa shape index (κ2) is 5.60. The number of fused-ring (bicyclic) bond motifs is 1. The minimum atomic E-state index is 0.466. The van der Waals surface area contributed by atoms with E-state index < -0.39 is 0 Å². The number of nitrogens with one attached hydrogen (secondary N) is 1. The smallest absolute Gasteiger partial charge is 0.163 e. The molecule has 0 aromatic carbocycles. The summed E-state index contributed by atoms with van der Waals surface area (Å²) in [7, 11) is 0. The summed E-state index contributed by atoms with van der Waals surface area (Å²) in [5, 5.41) is 9.15. The second-order valence-electron chi connectivity index (χ2n) is 6.05. The van der Waals surface area contributed by atoms with Crippen LogP contribution in [0.1, 0.15) is 38.1 Å². The molecule has 112 valence electrons. The van der Waals surface area contributed by atoms with E-state index in [2.05, 4.69) is 30.0 Å². The Morgan fingerprint density at radius 3 is 2.67 bits per heavy atom. The maximum Gasteiger partial charge on any atom is 0.163 e. The van der Waals surface area contributed by atoms with E-state index in [1.54, 1.807) is 6.33 Å². The van der Waals surface area contributed by atoms with Gasteiger partial charge in [-0.2, -0.15) is 5.10 Å². The highest BCUT2D eigenvalue weighted by atomic mass is 15.3. The molecule has 0 atom stereocenters. The van der Waals surface area contributed by atoms with Gasteiger partial charge in [-0.3, -0.25) is 0 Å². The number of aromatic nitrogens is 4. The first-order chi connectivity index (χ1) is 10.4. The van der Waals surface area contributed by atoms with Crippen LogP contribution in [0.25, 0.3) is 11.0 Å². The third-order valence-corrected chi connectivity index (χ3v) is 4.68. The highest BCUT2D eigenvalue weighted by molar-refractivity contribution is 5.86. The van der Waals surface area contributed by atoms with Crippen LogP contribution in [0.2, 0.25) is 0 Å². The van der Waals surface area contributed by atoms with Crippen LogP contribution in [0.5, 0.6) is 0 Å². The van der Waals surface area contributed by atoms with Crippen LogP contribution < -0.4 is 10.2 Å². The van der Waals surface area contributed by atoms with E-state index in [1.165, 1.54) is 19.3 Å². The van der Waals surface area contributed by atoms with Gasteiger partial charge in [-0.15, -0.1) is 0 Å². The molecule has 2 fully saturated rings. The summed E-state index contributed by atoms with van der Waals surface area (Å²) in [6.45, 7) is 4.33. The number of hydrogen-bond donors (Lipinski definition) is 1. The van der Waals surface area contributed by atoms with Crippen molar-refractivity contribution in [1.29, 1.82) is 0 Å².